The monoisotopic (exact) mass is 227 g/mol. The van der Waals surface area contributed by atoms with Gasteiger partial charge in [0.05, 0.1) is 6.07 Å². The third-order valence-electron chi connectivity index (χ3n) is 1.82. The molecule has 0 aliphatic carbocycles. The third kappa shape index (κ3) is 2.67. The number of aliphatic carboxylic acids is 1. The van der Waals surface area contributed by atoms with Gasteiger partial charge in [-0.1, -0.05) is 18.2 Å². The zero-order valence-electron chi connectivity index (χ0n) is 7.93. The van der Waals surface area contributed by atoms with Crippen molar-refractivity contribution < 1.29 is 23.4 Å². The molecule has 0 heterocycles. The van der Waals surface area contributed by atoms with Gasteiger partial charge in [0.15, 0.2) is 5.92 Å². The van der Waals surface area contributed by atoms with Crippen molar-refractivity contribution in [3.8, 4) is 11.8 Å². The first-order valence-corrected chi connectivity index (χ1v) is 4.22. The average Bonchev–Trinajstić information content (AvgIpc) is 2.20. The molecule has 16 heavy (non-hydrogen) atoms. The van der Waals surface area contributed by atoms with Gasteiger partial charge in [0, 0.05) is 5.56 Å². The molecule has 0 amide bonds. The first-order chi connectivity index (χ1) is 7.56. The Morgan fingerprint density at radius 2 is 2.06 bits per heavy atom. The number of para-hydroxylation sites is 1. The van der Waals surface area contributed by atoms with Crippen LogP contribution in [-0.2, 0) is 4.79 Å². The smallest absolute Gasteiger partial charge is 0.387 e. The van der Waals surface area contributed by atoms with Gasteiger partial charge >= 0.3 is 12.6 Å². The fourth-order valence-corrected chi connectivity index (χ4v) is 1.18. The maximum absolute atomic E-state index is 12.0. The number of carboxylic acid groups (broad SMARTS) is 1. The summed E-state index contributed by atoms with van der Waals surface area (Å²) in [5, 5.41) is 17.4. The molecule has 0 bridgehead atoms. The number of halogens is 2. The van der Waals surface area contributed by atoms with Crippen molar-refractivity contribution in [3.63, 3.8) is 0 Å². The van der Waals surface area contributed by atoms with E-state index in [0.717, 1.165) is 0 Å². The highest BCUT2D eigenvalue weighted by Crippen LogP contribution is 2.27. The van der Waals surface area contributed by atoms with E-state index in [1.54, 1.807) is 0 Å². The minimum Gasteiger partial charge on any atom is -0.480 e. The van der Waals surface area contributed by atoms with E-state index in [0.29, 0.717) is 0 Å². The van der Waals surface area contributed by atoms with Crippen LogP contribution >= 0.6 is 0 Å². The Labute approximate surface area is 89.7 Å². The highest BCUT2D eigenvalue weighted by atomic mass is 19.3. The highest BCUT2D eigenvalue weighted by Gasteiger charge is 2.23. The van der Waals surface area contributed by atoms with E-state index in [2.05, 4.69) is 4.74 Å². The summed E-state index contributed by atoms with van der Waals surface area (Å²) in [6.07, 6.45) is 0. The highest BCUT2D eigenvalue weighted by molar-refractivity contribution is 5.80. The zero-order valence-corrected chi connectivity index (χ0v) is 7.93. The number of carboxylic acids is 1. The lowest BCUT2D eigenvalue weighted by Crippen LogP contribution is -2.12. The lowest BCUT2D eigenvalue weighted by atomic mass is 10.00. The van der Waals surface area contributed by atoms with Crippen molar-refractivity contribution in [3.05, 3.63) is 29.8 Å². The number of nitriles is 1. The van der Waals surface area contributed by atoms with Crippen LogP contribution in [0.4, 0.5) is 8.78 Å². The van der Waals surface area contributed by atoms with Crippen LogP contribution in [0.25, 0.3) is 0 Å². The molecule has 1 unspecified atom stereocenters. The number of rotatable bonds is 4. The molecule has 0 aliphatic heterocycles. The Balaban J connectivity index is 3.12. The molecule has 84 valence electrons. The molecule has 6 heteroatoms. The van der Waals surface area contributed by atoms with E-state index in [4.69, 9.17) is 10.4 Å². The summed E-state index contributed by atoms with van der Waals surface area (Å²) < 4.78 is 28.2. The Hall–Kier alpha value is -2.16. The Morgan fingerprint density at radius 3 is 2.56 bits per heavy atom. The lowest BCUT2D eigenvalue weighted by Gasteiger charge is -2.11. The van der Waals surface area contributed by atoms with Gasteiger partial charge in [-0.15, -0.1) is 0 Å². The molecule has 1 aromatic carbocycles. The summed E-state index contributed by atoms with van der Waals surface area (Å²) in [4.78, 5) is 10.7. The second-order valence-corrected chi connectivity index (χ2v) is 2.82. The van der Waals surface area contributed by atoms with Crippen molar-refractivity contribution in [2.75, 3.05) is 0 Å². The molecule has 1 atom stereocenters. The summed E-state index contributed by atoms with van der Waals surface area (Å²) in [6.45, 7) is -3.06. The van der Waals surface area contributed by atoms with E-state index >= 15 is 0 Å². The van der Waals surface area contributed by atoms with Gasteiger partial charge in [0.2, 0.25) is 0 Å². The van der Waals surface area contributed by atoms with Gasteiger partial charge in [0.1, 0.15) is 5.75 Å². The molecule has 4 nitrogen and oxygen atoms in total. The normalized spacial score (nSPS) is 11.9. The molecule has 1 rings (SSSR count). The fraction of sp³-hybridized carbons (Fsp3) is 0.200. The topological polar surface area (TPSA) is 70.3 Å². The standard InChI is InChI=1S/C10H7F2NO3/c11-10(12)16-8-4-2-1-3-6(8)7(5-13)9(14)15/h1-4,7,10H,(H,14,15). The Bertz CT molecular complexity index is 428. The average molecular weight is 227 g/mol. The Kier molecular flexibility index (Phi) is 3.78. The molecule has 0 spiro atoms. The molecule has 1 aromatic rings. The summed E-state index contributed by atoms with van der Waals surface area (Å²) in [5.41, 5.74) is -0.0854. The second-order valence-electron chi connectivity index (χ2n) is 2.82. The number of carbonyl (C=O) groups is 1. The van der Waals surface area contributed by atoms with Crippen LogP contribution in [0.5, 0.6) is 5.75 Å². The van der Waals surface area contributed by atoms with Crippen LogP contribution in [-0.4, -0.2) is 17.7 Å². The van der Waals surface area contributed by atoms with Crippen molar-refractivity contribution in [2.24, 2.45) is 0 Å². The first kappa shape index (κ1) is 11.9. The second kappa shape index (κ2) is 5.07. The van der Waals surface area contributed by atoms with Crippen molar-refractivity contribution in [1.82, 2.24) is 0 Å². The molecular formula is C10H7F2NO3. The third-order valence-corrected chi connectivity index (χ3v) is 1.82. The van der Waals surface area contributed by atoms with Crippen LogP contribution < -0.4 is 4.74 Å². The number of nitrogens with zero attached hydrogens (tertiary/aromatic N) is 1. The number of hydrogen-bond donors (Lipinski definition) is 1. The predicted octanol–water partition coefficient (Wildman–Crippen LogP) is 1.98. The number of alkyl halides is 2. The molecule has 0 aliphatic rings. The Morgan fingerprint density at radius 1 is 1.44 bits per heavy atom. The minimum atomic E-state index is -3.06. The summed E-state index contributed by atoms with van der Waals surface area (Å²) in [6, 6.07) is 6.82. The quantitative estimate of drug-likeness (QED) is 0.853. The van der Waals surface area contributed by atoms with Gasteiger partial charge in [-0.25, -0.2) is 0 Å². The maximum Gasteiger partial charge on any atom is 0.387 e. The lowest BCUT2D eigenvalue weighted by molar-refractivity contribution is -0.137. The molecule has 0 aromatic heterocycles. The molecule has 1 N–H and O–H groups in total. The van der Waals surface area contributed by atoms with Crippen molar-refractivity contribution in [1.29, 1.82) is 5.26 Å². The van der Waals surface area contributed by atoms with Gasteiger partial charge in [-0.05, 0) is 6.07 Å². The van der Waals surface area contributed by atoms with Gasteiger partial charge in [0.25, 0.3) is 0 Å². The maximum atomic E-state index is 12.0. The number of benzene rings is 1. The van der Waals surface area contributed by atoms with Crippen molar-refractivity contribution >= 4 is 5.97 Å². The van der Waals surface area contributed by atoms with Gasteiger partial charge in [-0.2, -0.15) is 14.0 Å². The summed E-state index contributed by atoms with van der Waals surface area (Å²) in [5.74, 6) is -3.23. The molecule has 0 fully saturated rings. The summed E-state index contributed by atoms with van der Waals surface area (Å²) >= 11 is 0. The fourth-order valence-electron chi connectivity index (χ4n) is 1.18. The van der Waals surface area contributed by atoms with E-state index in [-0.39, 0.29) is 11.3 Å². The van der Waals surface area contributed by atoms with E-state index < -0.39 is 18.5 Å². The molecule has 0 radical (unpaired) electrons. The van der Waals surface area contributed by atoms with Crippen molar-refractivity contribution in [2.45, 2.75) is 12.5 Å². The van der Waals surface area contributed by atoms with Crippen LogP contribution in [0.2, 0.25) is 0 Å². The minimum absolute atomic E-state index is 0.0854. The van der Waals surface area contributed by atoms with E-state index in [9.17, 15) is 13.6 Å². The number of hydrogen-bond acceptors (Lipinski definition) is 3. The van der Waals surface area contributed by atoms with Crippen LogP contribution in [0, 0.1) is 11.3 Å². The molecule has 0 saturated carbocycles. The SMILES string of the molecule is N#CC(C(=O)O)c1ccccc1OC(F)F. The largest absolute Gasteiger partial charge is 0.480 e. The first-order valence-electron chi connectivity index (χ1n) is 4.22. The predicted molar refractivity (Wildman–Crippen MR) is 49.1 cm³/mol. The van der Waals surface area contributed by atoms with Gasteiger partial charge < -0.3 is 9.84 Å². The van der Waals surface area contributed by atoms with Crippen LogP contribution in [0.15, 0.2) is 24.3 Å². The number of ether oxygens (including phenoxy) is 1. The van der Waals surface area contributed by atoms with Crippen LogP contribution in [0.1, 0.15) is 11.5 Å². The molecule has 0 saturated heterocycles. The zero-order chi connectivity index (χ0) is 12.1. The van der Waals surface area contributed by atoms with E-state index in [1.165, 1.54) is 30.3 Å². The molecular weight excluding hydrogens is 220 g/mol. The van der Waals surface area contributed by atoms with Gasteiger partial charge in [-0.3, -0.25) is 4.79 Å². The van der Waals surface area contributed by atoms with E-state index in [1.807, 2.05) is 0 Å². The van der Waals surface area contributed by atoms with Crippen LogP contribution in [0.3, 0.4) is 0 Å². The summed E-state index contributed by atoms with van der Waals surface area (Å²) in [7, 11) is 0.